The fraction of sp³-hybridized carbons (Fsp3) is 0.500. The Balaban J connectivity index is 0.00000264. The van der Waals surface area contributed by atoms with E-state index < -0.39 is 6.10 Å². The first-order valence-corrected chi connectivity index (χ1v) is 7.53. The van der Waals surface area contributed by atoms with E-state index in [1.165, 1.54) is 0 Å². The van der Waals surface area contributed by atoms with Crippen LogP contribution in [0, 0.1) is 0 Å². The van der Waals surface area contributed by atoms with Gasteiger partial charge in [0.15, 0.2) is 0 Å². The molecular formula is C16H23ClN2O4. The van der Waals surface area contributed by atoms with Gasteiger partial charge in [-0.15, -0.1) is 12.4 Å². The van der Waals surface area contributed by atoms with E-state index in [1.807, 2.05) is 6.07 Å². The van der Waals surface area contributed by atoms with Gasteiger partial charge in [0.1, 0.15) is 6.10 Å². The molecule has 1 aliphatic rings. The molecule has 23 heavy (non-hydrogen) atoms. The number of ether oxygens (including phenoxy) is 2. The van der Waals surface area contributed by atoms with Crippen LogP contribution in [-0.4, -0.2) is 37.2 Å². The molecule has 1 fully saturated rings. The zero-order chi connectivity index (χ0) is 15.9. The van der Waals surface area contributed by atoms with Crippen molar-refractivity contribution in [3.05, 3.63) is 29.8 Å². The third-order valence-electron chi connectivity index (χ3n) is 3.51. The molecule has 0 saturated carbocycles. The number of esters is 1. The van der Waals surface area contributed by atoms with Gasteiger partial charge in [-0.1, -0.05) is 12.1 Å². The molecule has 1 amide bonds. The molecule has 0 unspecified atom stereocenters. The third kappa shape index (κ3) is 5.82. The Morgan fingerprint density at radius 3 is 2.83 bits per heavy atom. The fourth-order valence-corrected chi connectivity index (χ4v) is 2.43. The normalized spacial score (nSPS) is 19.7. The largest absolute Gasteiger partial charge is 0.466 e. The number of halogens is 1. The quantitative estimate of drug-likeness (QED) is 0.767. The van der Waals surface area contributed by atoms with E-state index in [2.05, 4.69) is 5.32 Å². The van der Waals surface area contributed by atoms with Crippen molar-refractivity contribution in [3.8, 4) is 0 Å². The van der Waals surface area contributed by atoms with Gasteiger partial charge < -0.3 is 20.5 Å². The van der Waals surface area contributed by atoms with Crippen LogP contribution in [0.25, 0.3) is 0 Å². The Morgan fingerprint density at radius 2 is 2.17 bits per heavy atom. The summed E-state index contributed by atoms with van der Waals surface area (Å²) >= 11 is 0. The van der Waals surface area contributed by atoms with E-state index in [-0.39, 0.29) is 36.8 Å². The maximum Gasteiger partial charge on any atom is 0.310 e. The number of anilines is 1. The summed E-state index contributed by atoms with van der Waals surface area (Å²) in [5.74, 6) is -0.458. The average Bonchev–Trinajstić information content (AvgIpc) is 2.97. The summed E-state index contributed by atoms with van der Waals surface area (Å²) in [5, 5.41) is 2.82. The topological polar surface area (TPSA) is 90.7 Å². The smallest absolute Gasteiger partial charge is 0.310 e. The number of carbonyl (C=O) groups excluding carboxylic acids is 2. The van der Waals surface area contributed by atoms with Crippen molar-refractivity contribution in [2.75, 3.05) is 18.5 Å². The van der Waals surface area contributed by atoms with Crippen molar-refractivity contribution in [1.82, 2.24) is 0 Å². The first kappa shape index (κ1) is 19.4. The number of carbonyl (C=O) groups is 2. The minimum Gasteiger partial charge on any atom is -0.466 e. The highest BCUT2D eigenvalue weighted by molar-refractivity contribution is 5.94. The Bertz CT molecular complexity index is 539. The van der Waals surface area contributed by atoms with Crippen LogP contribution in [0.5, 0.6) is 0 Å². The van der Waals surface area contributed by atoms with Crippen LogP contribution in [0.1, 0.15) is 25.3 Å². The van der Waals surface area contributed by atoms with E-state index >= 15 is 0 Å². The van der Waals surface area contributed by atoms with Crippen LogP contribution >= 0.6 is 12.4 Å². The van der Waals surface area contributed by atoms with Crippen LogP contribution in [-0.2, 0) is 25.5 Å². The lowest BCUT2D eigenvalue weighted by atomic mass is 10.1. The highest BCUT2D eigenvalue weighted by atomic mass is 35.5. The molecule has 1 heterocycles. The SMILES string of the molecule is CCOC(=O)Cc1cccc(NC(=O)[C@@H]2CC[C@H](CN)O2)c1.Cl. The minimum atomic E-state index is -0.456. The van der Waals surface area contributed by atoms with Gasteiger partial charge in [0, 0.05) is 12.2 Å². The summed E-state index contributed by atoms with van der Waals surface area (Å²) in [6.07, 6.45) is 1.17. The highest BCUT2D eigenvalue weighted by Gasteiger charge is 2.29. The summed E-state index contributed by atoms with van der Waals surface area (Å²) in [4.78, 5) is 23.6. The van der Waals surface area contributed by atoms with E-state index in [0.29, 0.717) is 25.3 Å². The van der Waals surface area contributed by atoms with Crippen LogP contribution in [0.2, 0.25) is 0 Å². The van der Waals surface area contributed by atoms with Crippen molar-refractivity contribution < 1.29 is 19.1 Å². The summed E-state index contributed by atoms with van der Waals surface area (Å²) < 4.78 is 10.5. The van der Waals surface area contributed by atoms with E-state index in [1.54, 1.807) is 25.1 Å². The van der Waals surface area contributed by atoms with Crippen molar-refractivity contribution in [2.24, 2.45) is 5.73 Å². The lowest BCUT2D eigenvalue weighted by Crippen LogP contribution is -2.29. The van der Waals surface area contributed by atoms with Crippen LogP contribution in [0.4, 0.5) is 5.69 Å². The minimum absolute atomic E-state index is 0. The molecule has 0 aromatic heterocycles. The Hall–Kier alpha value is -1.63. The average molecular weight is 343 g/mol. The van der Waals surface area contributed by atoms with Crippen LogP contribution in [0.3, 0.4) is 0 Å². The summed E-state index contributed by atoms with van der Waals surface area (Å²) in [7, 11) is 0. The van der Waals surface area contributed by atoms with Gasteiger partial charge in [-0.25, -0.2) is 0 Å². The molecule has 1 saturated heterocycles. The number of hydrogen-bond acceptors (Lipinski definition) is 5. The van der Waals surface area contributed by atoms with Crippen molar-refractivity contribution in [1.29, 1.82) is 0 Å². The molecule has 2 rings (SSSR count). The first-order valence-electron chi connectivity index (χ1n) is 7.53. The van der Waals surface area contributed by atoms with E-state index in [4.69, 9.17) is 15.2 Å². The fourth-order valence-electron chi connectivity index (χ4n) is 2.43. The Labute approximate surface area is 142 Å². The van der Waals surface area contributed by atoms with E-state index in [0.717, 1.165) is 12.0 Å². The van der Waals surface area contributed by atoms with E-state index in [9.17, 15) is 9.59 Å². The second kappa shape index (κ2) is 9.50. The molecule has 0 bridgehead atoms. The van der Waals surface area contributed by atoms with Crippen molar-refractivity contribution in [3.63, 3.8) is 0 Å². The molecule has 128 valence electrons. The molecule has 6 nitrogen and oxygen atoms in total. The van der Waals surface area contributed by atoms with Gasteiger partial charge in [0.05, 0.1) is 19.1 Å². The maximum atomic E-state index is 12.1. The predicted molar refractivity (Wildman–Crippen MR) is 89.6 cm³/mol. The Morgan fingerprint density at radius 1 is 1.39 bits per heavy atom. The molecule has 0 spiro atoms. The zero-order valence-corrected chi connectivity index (χ0v) is 13.9. The van der Waals surface area contributed by atoms with Crippen LogP contribution in [0.15, 0.2) is 24.3 Å². The Kier molecular flexibility index (Phi) is 8.02. The van der Waals surface area contributed by atoms with Gasteiger partial charge in [0.25, 0.3) is 5.91 Å². The molecule has 3 N–H and O–H groups in total. The van der Waals surface area contributed by atoms with Crippen LogP contribution < -0.4 is 11.1 Å². The van der Waals surface area contributed by atoms with Crippen molar-refractivity contribution >= 4 is 30.0 Å². The number of rotatable bonds is 6. The number of benzene rings is 1. The third-order valence-corrected chi connectivity index (χ3v) is 3.51. The monoisotopic (exact) mass is 342 g/mol. The molecule has 0 radical (unpaired) electrons. The summed E-state index contributed by atoms with van der Waals surface area (Å²) in [6.45, 7) is 2.56. The lowest BCUT2D eigenvalue weighted by Gasteiger charge is -2.13. The van der Waals surface area contributed by atoms with Gasteiger partial charge in [-0.05, 0) is 37.5 Å². The molecule has 2 atom stereocenters. The molecule has 1 aliphatic heterocycles. The molecule has 7 heteroatoms. The second-order valence-electron chi connectivity index (χ2n) is 5.23. The molecule has 1 aromatic carbocycles. The first-order chi connectivity index (χ1) is 10.6. The maximum absolute atomic E-state index is 12.1. The highest BCUT2D eigenvalue weighted by Crippen LogP contribution is 2.21. The van der Waals surface area contributed by atoms with Crippen molar-refractivity contribution in [2.45, 2.75) is 38.4 Å². The standard InChI is InChI=1S/C16H22N2O4.ClH/c1-2-21-15(19)9-11-4-3-5-12(8-11)18-16(20)14-7-6-13(10-17)22-14;/h3-5,8,13-14H,2,6-7,9-10,17H2,1H3,(H,18,20);1H/t13-,14+;/m1./s1. The predicted octanol–water partition coefficient (Wildman–Crippen LogP) is 1.66. The summed E-state index contributed by atoms with van der Waals surface area (Å²) in [6, 6.07) is 7.16. The molecule has 0 aliphatic carbocycles. The number of hydrogen-bond donors (Lipinski definition) is 2. The van der Waals surface area contributed by atoms with Gasteiger partial charge in [0.2, 0.25) is 0 Å². The number of nitrogens with one attached hydrogen (secondary N) is 1. The second-order valence-corrected chi connectivity index (χ2v) is 5.23. The summed E-state index contributed by atoms with van der Waals surface area (Å²) in [5.41, 5.74) is 6.98. The van der Waals surface area contributed by atoms with Gasteiger partial charge >= 0.3 is 5.97 Å². The number of amides is 1. The van der Waals surface area contributed by atoms with Gasteiger partial charge in [-0.2, -0.15) is 0 Å². The van der Waals surface area contributed by atoms with Gasteiger partial charge in [-0.3, -0.25) is 9.59 Å². The molecular weight excluding hydrogens is 320 g/mol. The molecule has 1 aromatic rings. The number of nitrogens with two attached hydrogens (primary N) is 1. The lowest BCUT2D eigenvalue weighted by molar-refractivity contribution is -0.142. The zero-order valence-electron chi connectivity index (χ0n) is 13.1.